The third-order valence-electron chi connectivity index (χ3n) is 2.79. The lowest BCUT2D eigenvalue weighted by molar-refractivity contribution is 0.433. The molecule has 0 bridgehead atoms. The van der Waals surface area contributed by atoms with E-state index in [0.717, 1.165) is 6.42 Å². The first-order chi connectivity index (χ1) is 7.28. The number of nitrogens with one attached hydrogen (secondary N) is 2. The van der Waals surface area contributed by atoms with Gasteiger partial charge in [-0.25, -0.2) is 13.1 Å². The van der Waals surface area contributed by atoms with E-state index in [-0.39, 0.29) is 11.8 Å². The molecular formula is C11H26N2O2S. The molecule has 98 valence electrons. The summed E-state index contributed by atoms with van der Waals surface area (Å²) in [5.74, 6) is 0.513. The zero-order valence-electron chi connectivity index (χ0n) is 11.1. The molecule has 0 amide bonds. The van der Waals surface area contributed by atoms with Crippen molar-refractivity contribution in [3.05, 3.63) is 0 Å². The average molecular weight is 250 g/mol. The average Bonchev–Trinajstić information content (AvgIpc) is 2.14. The summed E-state index contributed by atoms with van der Waals surface area (Å²) >= 11 is 0. The Hall–Kier alpha value is -0.130. The van der Waals surface area contributed by atoms with Gasteiger partial charge in [0.2, 0.25) is 10.0 Å². The highest BCUT2D eigenvalue weighted by molar-refractivity contribution is 7.89. The molecule has 4 nitrogen and oxygen atoms in total. The summed E-state index contributed by atoms with van der Waals surface area (Å²) in [7, 11) is -3.14. The molecule has 0 aromatic rings. The highest BCUT2D eigenvalue weighted by Gasteiger charge is 2.17. The summed E-state index contributed by atoms with van der Waals surface area (Å²) < 4.78 is 26.1. The molecule has 0 rings (SSSR count). The number of sulfonamides is 1. The molecule has 0 saturated carbocycles. The lowest BCUT2D eigenvalue weighted by Crippen LogP contribution is -2.41. The predicted molar refractivity (Wildman–Crippen MR) is 69.0 cm³/mol. The van der Waals surface area contributed by atoms with Crippen LogP contribution in [0.1, 0.15) is 41.0 Å². The van der Waals surface area contributed by atoms with E-state index in [0.29, 0.717) is 18.5 Å². The molecule has 2 unspecified atom stereocenters. The highest BCUT2D eigenvalue weighted by atomic mass is 32.2. The third kappa shape index (κ3) is 7.19. The monoisotopic (exact) mass is 250 g/mol. The van der Waals surface area contributed by atoms with Crippen LogP contribution in [0, 0.1) is 5.92 Å². The molecule has 0 aliphatic rings. The van der Waals surface area contributed by atoms with E-state index in [4.69, 9.17) is 0 Å². The zero-order valence-corrected chi connectivity index (χ0v) is 11.9. The highest BCUT2D eigenvalue weighted by Crippen LogP contribution is 2.07. The Morgan fingerprint density at radius 3 is 2.12 bits per heavy atom. The molecule has 2 atom stereocenters. The molecular weight excluding hydrogens is 224 g/mol. The van der Waals surface area contributed by atoms with Crippen molar-refractivity contribution in [2.24, 2.45) is 5.92 Å². The van der Waals surface area contributed by atoms with Crippen molar-refractivity contribution in [1.82, 2.24) is 10.0 Å². The molecule has 0 saturated heterocycles. The molecule has 5 heteroatoms. The Bertz CT molecular complexity index is 276. The van der Waals surface area contributed by atoms with Crippen LogP contribution < -0.4 is 10.0 Å². The maximum Gasteiger partial charge on any atom is 0.213 e. The zero-order chi connectivity index (χ0) is 12.8. The first kappa shape index (κ1) is 15.9. The van der Waals surface area contributed by atoms with E-state index < -0.39 is 10.0 Å². The Morgan fingerprint density at radius 1 is 1.12 bits per heavy atom. The van der Waals surface area contributed by atoms with Gasteiger partial charge in [0.25, 0.3) is 0 Å². The SMILES string of the molecule is CCC(C)C(C)NS(=O)(=O)CCNC(C)C. The van der Waals surface area contributed by atoms with Crippen LogP contribution in [0.25, 0.3) is 0 Å². The third-order valence-corrected chi connectivity index (χ3v) is 4.26. The molecule has 2 N–H and O–H groups in total. The fraction of sp³-hybridized carbons (Fsp3) is 1.00. The van der Waals surface area contributed by atoms with Gasteiger partial charge in [-0.05, 0) is 12.8 Å². The predicted octanol–water partition coefficient (Wildman–Crippen LogP) is 1.34. The van der Waals surface area contributed by atoms with E-state index in [1.807, 2.05) is 20.8 Å². The Morgan fingerprint density at radius 2 is 1.69 bits per heavy atom. The molecule has 0 aromatic heterocycles. The summed E-state index contributed by atoms with van der Waals surface area (Å²) in [6.07, 6.45) is 0.980. The fourth-order valence-corrected chi connectivity index (χ4v) is 2.60. The largest absolute Gasteiger partial charge is 0.313 e. The smallest absolute Gasteiger partial charge is 0.213 e. The standard InChI is InChI=1S/C11H26N2O2S/c1-6-10(4)11(5)13-16(14,15)8-7-12-9(2)3/h9-13H,6-8H2,1-5H3. The van der Waals surface area contributed by atoms with Crippen molar-refractivity contribution < 1.29 is 8.42 Å². The lowest BCUT2D eigenvalue weighted by atomic mass is 10.0. The van der Waals surface area contributed by atoms with Crippen LogP contribution in [0.3, 0.4) is 0 Å². The van der Waals surface area contributed by atoms with Gasteiger partial charge in [-0.1, -0.05) is 34.1 Å². The van der Waals surface area contributed by atoms with Crippen molar-refractivity contribution in [2.75, 3.05) is 12.3 Å². The van der Waals surface area contributed by atoms with E-state index >= 15 is 0 Å². The lowest BCUT2D eigenvalue weighted by Gasteiger charge is -2.20. The molecule has 0 aromatic carbocycles. The van der Waals surface area contributed by atoms with Gasteiger partial charge in [0.05, 0.1) is 5.75 Å². The van der Waals surface area contributed by atoms with Crippen LogP contribution in [0.4, 0.5) is 0 Å². The van der Waals surface area contributed by atoms with Gasteiger partial charge in [0.15, 0.2) is 0 Å². The van der Waals surface area contributed by atoms with Gasteiger partial charge in [-0.3, -0.25) is 0 Å². The topological polar surface area (TPSA) is 58.2 Å². The number of rotatable bonds is 8. The van der Waals surface area contributed by atoms with Crippen molar-refractivity contribution >= 4 is 10.0 Å². The normalized spacial score (nSPS) is 16.4. The van der Waals surface area contributed by atoms with Gasteiger partial charge in [-0.15, -0.1) is 0 Å². The minimum absolute atomic E-state index is 0.00838. The van der Waals surface area contributed by atoms with Crippen molar-refractivity contribution in [1.29, 1.82) is 0 Å². The quantitative estimate of drug-likeness (QED) is 0.683. The van der Waals surface area contributed by atoms with Crippen LogP contribution in [-0.2, 0) is 10.0 Å². The first-order valence-electron chi connectivity index (χ1n) is 6.02. The molecule has 0 aliphatic carbocycles. The van der Waals surface area contributed by atoms with Gasteiger partial charge in [0, 0.05) is 18.6 Å². The van der Waals surface area contributed by atoms with Gasteiger partial charge >= 0.3 is 0 Å². The Kier molecular flexibility index (Phi) is 7.19. The van der Waals surface area contributed by atoms with Crippen LogP contribution in [-0.4, -0.2) is 32.8 Å². The number of hydrogen-bond donors (Lipinski definition) is 2. The van der Waals surface area contributed by atoms with Crippen molar-refractivity contribution in [3.63, 3.8) is 0 Å². The summed E-state index contributed by atoms with van der Waals surface area (Å²) in [4.78, 5) is 0. The molecule has 16 heavy (non-hydrogen) atoms. The minimum atomic E-state index is -3.14. The Balaban J connectivity index is 4.05. The second-order valence-electron chi connectivity index (χ2n) is 4.72. The second-order valence-corrected chi connectivity index (χ2v) is 6.59. The van der Waals surface area contributed by atoms with Crippen LogP contribution in [0.2, 0.25) is 0 Å². The van der Waals surface area contributed by atoms with E-state index in [1.54, 1.807) is 0 Å². The number of hydrogen-bond acceptors (Lipinski definition) is 3. The van der Waals surface area contributed by atoms with Gasteiger partial charge in [-0.2, -0.15) is 0 Å². The maximum absolute atomic E-state index is 11.7. The van der Waals surface area contributed by atoms with Crippen LogP contribution in [0.5, 0.6) is 0 Å². The molecule has 0 aliphatic heterocycles. The van der Waals surface area contributed by atoms with Crippen LogP contribution in [0.15, 0.2) is 0 Å². The minimum Gasteiger partial charge on any atom is -0.313 e. The molecule has 0 radical (unpaired) electrons. The van der Waals surface area contributed by atoms with Crippen molar-refractivity contribution in [2.45, 2.75) is 53.1 Å². The first-order valence-corrected chi connectivity index (χ1v) is 7.67. The molecule has 0 spiro atoms. The van der Waals surface area contributed by atoms with E-state index in [1.165, 1.54) is 0 Å². The van der Waals surface area contributed by atoms with Crippen molar-refractivity contribution in [3.8, 4) is 0 Å². The fourth-order valence-electron chi connectivity index (χ4n) is 1.29. The summed E-state index contributed by atoms with van der Waals surface area (Å²) in [6.45, 7) is 10.5. The second kappa shape index (κ2) is 7.25. The Labute approximate surface area is 100 Å². The summed E-state index contributed by atoms with van der Waals surface area (Å²) in [5, 5.41) is 3.10. The summed E-state index contributed by atoms with van der Waals surface area (Å²) in [6, 6.07) is 0.330. The van der Waals surface area contributed by atoms with Gasteiger partial charge < -0.3 is 5.32 Å². The van der Waals surface area contributed by atoms with E-state index in [9.17, 15) is 8.42 Å². The summed E-state index contributed by atoms with van der Waals surface area (Å²) in [5.41, 5.74) is 0. The van der Waals surface area contributed by atoms with E-state index in [2.05, 4.69) is 23.9 Å². The molecule has 0 heterocycles. The molecule has 0 fully saturated rings. The maximum atomic E-state index is 11.7. The van der Waals surface area contributed by atoms with Crippen LogP contribution >= 0.6 is 0 Å². The van der Waals surface area contributed by atoms with Gasteiger partial charge in [0.1, 0.15) is 0 Å².